The molecule has 8 heteroatoms. The van der Waals surface area contributed by atoms with E-state index in [0.29, 0.717) is 17.9 Å². The number of Topliss-reactive ketones (excluding diaryl/α,β-unsaturated/α-hetero) is 1. The Hall–Kier alpha value is -1.40. The van der Waals surface area contributed by atoms with Gasteiger partial charge in [-0.3, -0.25) is 9.59 Å². The summed E-state index contributed by atoms with van der Waals surface area (Å²) in [5.41, 5.74) is 1.39. The van der Waals surface area contributed by atoms with Crippen LogP contribution >= 0.6 is 45.2 Å². The number of ether oxygens (including phenoxy) is 3. The molecule has 6 nitrogen and oxygen atoms in total. The van der Waals surface area contributed by atoms with Gasteiger partial charge in [0.05, 0.1) is 25.6 Å². The summed E-state index contributed by atoms with van der Waals surface area (Å²) in [6.45, 7) is 11.5. The number of hydrogen-bond acceptors (Lipinski definition) is 6. The Labute approximate surface area is 235 Å². The fraction of sp³-hybridized carbons (Fsp3) is 0.481. The van der Waals surface area contributed by atoms with Crippen LogP contribution in [0.15, 0.2) is 36.4 Å². The number of benzene rings is 2. The van der Waals surface area contributed by atoms with Crippen molar-refractivity contribution < 1.29 is 23.8 Å². The molecule has 1 aliphatic rings. The molecule has 0 N–H and O–H groups in total. The first-order chi connectivity index (χ1) is 16.8. The highest BCUT2D eigenvalue weighted by Crippen LogP contribution is 2.42. The minimum Gasteiger partial charge on any atom is -0.490 e. The average Bonchev–Trinajstić information content (AvgIpc) is 3.19. The van der Waals surface area contributed by atoms with Crippen LogP contribution < -0.4 is 9.47 Å². The predicted octanol–water partition coefficient (Wildman–Crippen LogP) is 6.08. The van der Waals surface area contributed by atoms with E-state index in [2.05, 4.69) is 63.9 Å². The summed E-state index contributed by atoms with van der Waals surface area (Å²) in [4.78, 5) is 28.6. The molecule has 0 aliphatic carbocycles. The van der Waals surface area contributed by atoms with E-state index < -0.39 is 12.0 Å². The summed E-state index contributed by atoms with van der Waals surface area (Å²) in [6.07, 6.45) is -0.00871. The zero-order valence-corrected chi connectivity index (χ0v) is 25.0. The third-order valence-corrected chi connectivity index (χ3v) is 7.90. The maximum atomic E-state index is 13.8. The number of esters is 1. The number of carbonyl (C=O) groups excluding carboxylic acids is 2. The molecule has 1 heterocycles. The first-order valence-electron chi connectivity index (χ1n) is 12.1. The summed E-state index contributed by atoms with van der Waals surface area (Å²) in [5.74, 6) is 0.453. The molecule has 2 aromatic rings. The van der Waals surface area contributed by atoms with E-state index in [1.807, 2.05) is 50.2 Å². The molecule has 35 heavy (non-hydrogen) atoms. The van der Waals surface area contributed by atoms with E-state index in [0.717, 1.165) is 44.5 Å². The van der Waals surface area contributed by atoms with E-state index in [1.54, 1.807) is 0 Å². The second kappa shape index (κ2) is 13.2. The zero-order valence-electron chi connectivity index (χ0n) is 20.7. The summed E-state index contributed by atoms with van der Waals surface area (Å²) < 4.78 is 19.4. The number of likely N-dealkylation sites (N-methyl/N-ethyl adjacent to an activating group) is 1. The molecule has 0 radical (unpaired) electrons. The van der Waals surface area contributed by atoms with Gasteiger partial charge < -0.3 is 19.1 Å². The molecule has 0 bridgehead atoms. The summed E-state index contributed by atoms with van der Waals surface area (Å²) in [5, 5.41) is 0. The Kier molecular flexibility index (Phi) is 10.7. The topological polar surface area (TPSA) is 65.1 Å². The van der Waals surface area contributed by atoms with E-state index in [4.69, 9.17) is 14.2 Å². The van der Waals surface area contributed by atoms with Crippen molar-refractivity contribution in [3.8, 4) is 11.5 Å². The third-order valence-electron chi connectivity index (χ3n) is 6.29. The fourth-order valence-electron chi connectivity index (χ4n) is 4.10. The van der Waals surface area contributed by atoms with Crippen LogP contribution in [0.2, 0.25) is 0 Å². The fourth-order valence-corrected chi connectivity index (χ4v) is 6.18. The summed E-state index contributed by atoms with van der Waals surface area (Å²) >= 11 is 4.45. The molecule has 2 unspecified atom stereocenters. The minimum absolute atomic E-state index is 0.0240. The van der Waals surface area contributed by atoms with Crippen molar-refractivity contribution in [2.45, 2.75) is 58.7 Å². The molecule has 1 aliphatic heterocycles. The number of para-hydroxylation sites is 1. The van der Waals surface area contributed by atoms with Gasteiger partial charge in [-0.1, -0.05) is 39.0 Å². The maximum absolute atomic E-state index is 13.8. The molecule has 0 saturated heterocycles. The van der Waals surface area contributed by atoms with Crippen molar-refractivity contribution in [1.29, 1.82) is 0 Å². The number of fused-ring (bicyclic) bond motifs is 1. The van der Waals surface area contributed by atoms with Gasteiger partial charge in [0.25, 0.3) is 0 Å². The standard InChI is InChI=1S/C27H33I2NO5/c1-5-17(4)34-24(31)16-23-25(19-10-8-9-11-22(19)35-23)26(32)18-14-20(28)27(21(29)15-18)33-13-12-30(6-2)7-3/h8-11,14-15,17,23,25H,5-7,12-13,16H2,1-4H3/t17-,23?,25?/m0/s1. The highest BCUT2D eigenvalue weighted by molar-refractivity contribution is 14.1. The molecule has 190 valence electrons. The van der Waals surface area contributed by atoms with Crippen LogP contribution in [-0.2, 0) is 9.53 Å². The van der Waals surface area contributed by atoms with Crippen molar-refractivity contribution in [2.75, 3.05) is 26.2 Å². The van der Waals surface area contributed by atoms with Crippen LogP contribution in [0, 0.1) is 7.14 Å². The van der Waals surface area contributed by atoms with Crippen molar-refractivity contribution in [3.63, 3.8) is 0 Å². The number of nitrogens with zero attached hydrogens (tertiary/aromatic N) is 1. The highest BCUT2D eigenvalue weighted by Gasteiger charge is 2.41. The second-order valence-corrected chi connectivity index (χ2v) is 10.9. The molecule has 0 amide bonds. The lowest BCUT2D eigenvalue weighted by molar-refractivity contribution is -0.150. The van der Waals surface area contributed by atoms with E-state index >= 15 is 0 Å². The molecule has 0 fully saturated rings. The van der Waals surface area contributed by atoms with Gasteiger partial charge in [-0.25, -0.2) is 0 Å². The molecular formula is C27H33I2NO5. The van der Waals surface area contributed by atoms with Gasteiger partial charge in [0.1, 0.15) is 24.2 Å². The van der Waals surface area contributed by atoms with E-state index in [9.17, 15) is 9.59 Å². The third kappa shape index (κ3) is 7.09. The molecule has 0 aromatic heterocycles. The van der Waals surface area contributed by atoms with E-state index in [1.165, 1.54) is 0 Å². The highest BCUT2D eigenvalue weighted by atomic mass is 127. The molecule has 0 spiro atoms. The second-order valence-electron chi connectivity index (χ2n) is 8.59. The molecule has 3 atom stereocenters. The van der Waals surface area contributed by atoms with Gasteiger partial charge in [-0.15, -0.1) is 0 Å². The Morgan fingerprint density at radius 2 is 1.74 bits per heavy atom. The number of halogens is 2. The minimum atomic E-state index is -0.600. The Balaban J connectivity index is 1.81. The molecule has 2 aromatic carbocycles. The Morgan fingerprint density at radius 3 is 2.37 bits per heavy atom. The Morgan fingerprint density at radius 1 is 1.09 bits per heavy atom. The van der Waals surface area contributed by atoms with E-state index in [-0.39, 0.29) is 24.3 Å². The average molecular weight is 705 g/mol. The van der Waals surface area contributed by atoms with Gasteiger partial charge in [-0.2, -0.15) is 0 Å². The van der Waals surface area contributed by atoms with Crippen LogP contribution in [0.5, 0.6) is 11.5 Å². The van der Waals surface area contributed by atoms with Crippen LogP contribution in [0.4, 0.5) is 0 Å². The van der Waals surface area contributed by atoms with Gasteiger partial charge >= 0.3 is 5.97 Å². The molecular weight excluding hydrogens is 672 g/mol. The lowest BCUT2D eigenvalue weighted by Crippen LogP contribution is -2.30. The lowest BCUT2D eigenvalue weighted by atomic mass is 9.86. The molecule has 3 rings (SSSR count). The monoisotopic (exact) mass is 705 g/mol. The number of carbonyl (C=O) groups is 2. The summed E-state index contributed by atoms with van der Waals surface area (Å²) in [6, 6.07) is 11.2. The number of rotatable bonds is 12. The van der Waals surface area contributed by atoms with Crippen LogP contribution in [0.3, 0.4) is 0 Å². The summed E-state index contributed by atoms with van der Waals surface area (Å²) in [7, 11) is 0. The normalized spacial score (nSPS) is 17.6. The lowest BCUT2D eigenvalue weighted by Gasteiger charge is -2.20. The van der Waals surface area contributed by atoms with Crippen LogP contribution in [0.1, 0.15) is 62.4 Å². The van der Waals surface area contributed by atoms with Gasteiger partial charge in [0, 0.05) is 17.7 Å². The number of hydrogen-bond donors (Lipinski definition) is 0. The van der Waals surface area contributed by atoms with Crippen molar-refractivity contribution in [2.24, 2.45) is 0 Å². The first kappa shape index (κ1) is 28.2. The quantitative estimate of drug-likeness (QED) is 0.152. The van der Waals surface area contributed by atoms with Gasteiger partial charge in [0.15, 0.2) is 5.78 Å². The van der Waals surface area contributed by atoms with Crippen molar-refractivity contribution in [1.82, 2.24) is 4.90 Å². The van der Waals surface area contributed by atoms with Crippen molar-refractivity contribution in [3.05, 3.63) is 54.7 Å². The Bertz CT molecular complexity index is 1020. The smallest absolute Gasteiger partial charge is 0.309 e. The van der Waals surface area contributed by atoms with Crippen molar-refractivity contribution >= 4 is 56.9 Å². The first-order valence-corrected chi connectivity index (χ1v) is 14.3. The molecule has 0 saturated carbocycles. The predicted molar refractivity (Wildman–Crippen MR) is 154 cm³/mol. The zero-order chi connectivity index (χ0) is 25.5. The van der Waals surface area contributed by atoms with Gasteiger partial charge in [0.2, 0.25) is 0 Å². The maximum Gasteiger partial charge on any atom is 0.309 e. The SMILES string of the molecule is CC[C@H](C)OC(=O)CC1Oc2ccccc2C1C(=O)c1cc(I)c(OCCN(CC)CC)c(I)c1. The largest absolute Gasteiger partial charge is 0.490 e. The van der Waals surface area contributed by atoms with Gasteiger partial charge in [-0.05, 0) is 89.8 Å². The number of ketones is 1. The van der Waals surface area contributed by atoms with Crippen LogP contribution in [0.25, 0.3) is 0 Å². The van der Waals surface area contributed by atoms with Crippen LogP contribution in [-0.4, -0.2) is 55.1 Å².